The molecule has 0 spiro atoms. The van der Waals surface area contributed by atoms with Gasteiger partial charge in [-0.15, -0.1) is 0 Å². The van der Waals surface area contributed by atoms with Crippen LogP contribution in [0.3, 0.4) is 0 Å². The van der Waals surface area contributed by atoms with Crippen molar-refractivity contribution < 1.29 is 9.18 Å². The third-order valence-corrected chi connectivity index (χ3v) is 5.95. The Bertz CT molecular complexity index is 1070. The molecule has 3 N–H and O–H groups in total. The minimum Gasteiger partial charge on any atom is -0.338 e. The summed E-state index contributed by atoms with van der Waals surface area (Å²) in [5, 5.41) is 9.50. The fourth-order valence-electron chi connectivity index (χ4n) is 4.10. The van der Waals surface area contributed by atoms with Gasteiger partial charge in [-0.2, -0.15) is 5.10 Å². The fourth-order valence-corrected chi connectivity index (χ4v) is 4.10. The van der Waals surface area contributed by atoms with Gasteiger partial charge in [0.1, 0.15) is 5.82 Å². The Labute approximate surface area is 188 Å². The maximum Gasteiger partial charge on any atom is 0.219 e. The number of hydrazine groups is 1. The topological polar surface area (TPSA) is 79.4 Å². The highest BCUT2D eigenvalue weighted by Gasteiger charge is 2.30. The van der Waals surface area contributed by atoms with Gasteiger partial charge in [0.2, 0.25) is 5.91 Å². The van der Waals surface area contributed by atoms with Crippen LogP contribution in [0.4, 0.5) is 15.9 Å². The predicted octanol–water partition coefficient (Wildman–Crippen LogP) is 3.80. The Kier molecular flexibility index (Phi) is 6.32. The molecule has 0 bridgehead atoms. The lowest BCUT2D eigenvalue weighted by Crippen LogP contribution is -2.34. The fraction of sp³-hybridized carbons (Fsp3) is 0.417. The summed E-state index contributed by atoms with van der Waals surface area (Å²) >= 11 is 0. The molecule has 2 aliphatic rings. The van der Waals surface area contributed by atoms with Crippen molar-refractivity contribution in [3.05, 3.63) is 59.2 Å². The highest BCUT2D eigenvalue weighted by molar-refractivity contribution is 5.77. The summed E-state index contributed by atoms with van der Waals surface area (Å²) in [6.45, 7) is 5.56. The van der Waals surface area contributed by atoms with Gasteiger partial charge in [0, 0.05) is 50.9 Å². The molecule has 8 heteroatoms. The third kappa shape index (κ3) is 4.85. The van der Waals surface area contributed by atoms with Gasteiger partial charge in [-0.25, -0.2) is 10.2 Å². The number of amides is 1. The van der Waals surface area contributed by atoms with E-state index in [0.29, 0.717) is 30.5 Å². The number of fused-ring (bicyclic) bond motifs is 1. The molecule has 0 saturated heterocycles. The lowest BCUT2D eigenvalue weighted by molar-refractivity contribution is -0.129. The Morgan fingerprint density at radius 2 is 2.19 bits per heavy atom. The molecule has 1 aromatic carbocycles. The summed E-state index contributed by atoms with van der Waals surface area (Å²) in [6.07, 6.45) is 8.84. The third-order valence-electron chi connectivity index (χ3n) is 5.95. The van der Waals surface area contributed by atoms with Crippen molar-refractivity contribution in [2.75, 3.05) is 18.9 Å². The Morgan fingerprint density at radius 3 is 2.84 bits per heavy atom. The van der Waals surface area contributed by atoms with E-state index in [0.717, 1.165) is 35.4 Å². The molecule has 1 amide bonds. The molecule has 1 aliphatic heterocycles. The monoisotopic (exact) mass is 438 g/mol. The number of hydrogen-bond acceptors (Lipinski definition) is 5. The van der Waals surface area contributed by atoms with Gasteiger partial charge in [-0.3, -0.25) is 9.48 Å². The molecule has 1 saturated carbocycles. The highest BCUT2D eigenvalue weighted by Crippen LogP contribution is 2.35. The summed E-state index contributed by atoms with van der Waals surface area (Å²) in [7, 11) is 1.74. The Morgan fingerprint density at radius 1 is 1.41 bits per heavy atom. The van der Waals surface area contributed by atoms with Crippen LogP contribution in [-0.4, -0.2) is 39.2 Å². The zero-order valence-electron chi connectivity index (χ0n) is 18.9. The van der Waals surface area contributed by atoms with E-state index in [-0.39, 0.29) is 11.7 Å². The predicted molar refractivity (Wildman–Crippen MR) is 124 cm³/mol. The smallest absolute Gasteiger partial charge is 0.219 e. The number of halogens is 1. The molecule has 1 aromatic heterocycles. The number of nitrogens with one attached hydrogen (secondary N) is 1. The maximum atomic E-state index is 14.8. The van der Waals surface area contributed by atoms with Gasteiger partial charge >= 0.3 is 0 Å². The molecule has 0 atom stereocenters. The summed E-state index contributed by atoms with van der Waals surface area (Å²) in [6, 6.07) is 4.94. The van der Waals surface area contributed by atoms with Crippen molar-refractivity contribution in [2.24, 2.45) is 11.8 Å². The number of carbonyl (C=O) groups is 1. The van der Waals surface area contributed by atoms with Crippen molar-refractivity contribution in [1.82, 2.24) is 19.7 Å². The van der Waals surface area contributed by atoms with E-state index in [1.54, 1.807) is 32.3 Å². The maximum absolute atomic E-state index is 14.8. The first-order chi connectivity index (χ1) is 15.4. The van der Waals surface area contributed by atoms with E-state index in [1.165, 1.54) is 23.9 Å². The molecule has 4 rings (SSSR count). The first kappa shape index (κ1) is 22.1. The molecule has 2 heterocycles. The van der Waals surface area contributed by atoms with Crippen LogP contribution in [0.25, 0.3) is 5.57 Å². The van der Waals surface area contributed by atoms with Gasteiger partial charge in [0.15, 0.2) is 5.82 Å². The Balaban J connectivity index is 1.69. The van der Waals surface area contributed by atoms with Crippen LogP contribution in [-0.2, 0) is 24.3 Å². The van der Waals surface area contributed by atoms with Gasteiger partial charge in [-0.05, 0) is 49.0 Å². The molecule has 7 nitrogen and oxygen atoms in total. The molecule has 170 valence electrons. The number of benzene rings is 1. The highest BCUT2D eigenvalue weighted by atomic mass is 19.1. The summed E-state index contributed by atoms with van der Waals surface area (Å²) in [5.74, 6) is 6.77. The normalized spacial score (nSPS) is 16.4. The number of carbonyl (C=O) groups excluding carboxylic acids is 1. The van der Waals surface area contributed by atoms with Crippen molar-refractivity contribution in [2.45, 2.75) is 46.2 Å². The SMILES string of the molecule is C/C=C\C(=C/N(C)N)c1ccc(F)c(Nc2nn(CC3CC3)c3c2CN(C(C)=O)CC3)c1. The second-order valence-corrected chi connectivity index (χ2v) is 8.66. The number of nitrogens with zero attached hydrogens (tertiary/aromatic N) is 4. The van der Waals surface area contributed by atoms with Crippen LogP contribution < -0.4 is 11.2 Å². The van der Waals surface area contributed by atoms with Gasteiger partial charge in [0.05, 0.1) is 12.2 Å². The zero-order chi connectivity index (χ0) is 22.8. The largest absolute Gasteiger partial charge is 0.338 e. The average Bonchev–Trinajstić information content (AvgIpc) is 3.50. The number of allylic oxidation sites excluding steroid dienone is 3. The van der Waals surface area contributed by atoms with Crippen molar-refractivity contribution >= 4 is 23.0 Å². The molecule has 1 fully saturated rings. The first-order valence-corrected chi connectivity index (χ1v) is 11.1. The number of hydrogen-bond donors (Lipinski definition) is 2. The van der Waals surface area contributed by atoms with Crippen molar-refractivity contribution in [3.63, 3.8) is 0 Å². The number of anilines is 2. The molecule has 2 aromatic rings. The standard InChI is InChI=1S/C24H31FN6O/c1-4-5-19(14-29(3)26)18-8-9-21(25)22(12-18)27-24-20-15-30(16(2)32)11-10-23(20)31(28-24)13-17-6-7-17/h4-5,8-9,12,14,17H,6-7,10-11,13,15,26H2,1-3H3,(H,27,28)/b5-4-,19-14+. The molecular weight excluding hydrogens is 407 g/mol. The summed E-state index contributed by atoms with van der Waals surface area (Å²) in [5.41, 5.74) is 4.16. The minimum atomic E-state index is -0.362. The second-order valence-electron chi connectivity index (χ2n) is 8.66. The first-order valence-electron chi connectivity index (χ1n) is 11.1. The lowest BCUT2D eigenvalue weighted by Gasteiger charge is -2.26. The number of rotatable bonds is 7. The molecule has 0 unspecified atom stereocenters. The molecular formula is C24H31FN6O. The zero-order valence-corrected chi connectivity index (χ0v) is 18.9. The van der Waals surface area contributed by atoms with Crippen molar-refractivity contribution in [3.8, 4) is 0 Å². The van der Waals surface area contributed by atoms with E-state index in [2.05, 4.69) is 10.00 Å². The van der Waals surface area contributed by atoms with Gasteiger partial charge in [-0.1, -0.05) is 18.2 Å². The van der Waals surface area contributed by atoms with E-state index in [1.807, 2.05) is 24.0 Å². The van der Waals surface area contributed by atoms with Crippen LogP contribution in [0, 0.1) is 11.7 Å². The van der Waals surface area contributed by atoms with E-state index < -0.39 is 0 Å². The van der Waals surface area contributed by atoms with Crippen LogP contribution in [0.2, 0.25) is 0 Å². The quantitative estimate of drug-likeness (QED) is 0.391. The van der Waals surface area contributed by atoms with E-state index in [4.69, 9.17) is 10.9 Å². The van der Waals surface area contributed by atoms with Crippen LogP contribution in [0.5, 0.6) is 0 Å². The van der Waals surface area contributed by atoms with Crippen LogP contribution >= 0.6 is 0 Å². The number of aromatic nitrogens is 2. The summed E-state index contributed by atoms with van der Waals surface area (Å²) in [4.78, 5) is 13.8. The minimum absolute atomic E-state index is 0.0387. The lowest BCUT2D eigenvalue weighted by atomic mass is 10.0. The Hall–Kier alpha value is -3.13. The average molecular weight is 439 g/mol. The van der Waals surface area contributed by atoms with Crippen LogP contribution in [0.1, 0.15) is 43.5 Å². The van der Waals surface area contributed by atoms with E-state index in [9.17, 15) is 9.18 Å². The van der Waals surface area contributed by atoms with E-state index >= 15 is 0 Å². The molecule has 1 aliphatic carbocycles. The molecule has 0 radical (unpaired) electrons. The summed E-state index contributed by atoms with van der Waals surface area (Å²) < 4.78 is 16.9. The number of nitrogens with two attached hydrogens (primary N) is 1. The van der Waals surface area contributed by atoms with Gasteiger partial charge in [0.25, 0.3) is 0 Å². The molecule has 32 heavy (non-hydrogen) atoms. The van der Waals surface area contributed by atoms with Crippen LogP contribution in [0.15, 0.2) is 36.6 Å². The van der Waals surface area contributed by atoms with Crippen molar-refractivity contribution in [1.29, 1.82) is 0 Å². The van der Waals surface area contributed by atoms with Gasteiger partial charge < -0.3 is 15.2 Å². The second kappa shape index (κ2) is 9.16.